The SMILES string of the molecule is Cc1cc(C(=O)NCCCCCBr)ccc1[N+](=O)[O-]. The van der Waals surface area contributed by atoms with Crippen LogP contribution in [0.2, 0.25) is 0 Å². The first-order valence-electron chi connectivity index (χ1n) is 6.15. The van der Waals surface area contributed by atoms with Crippen molar-refractivity contribution in [1.82, 2.24) is 5.32 Å². The molecular formula is C13H17BrN2O3. The van der Waals surface area contributed by atoms with E-state index in [1.165, 1.54) is 12.1 Å². The summed E-state index contributed by atoms with van der Waals surface area (Å²) < 4.78 is 0. The number of rotatable bonds is 7. The van der Waals surface area contributed by atoms with Crippen molar-refractivity contribution >= 4 is 27.5 Å². The van der Waals surface area contributed by atoms with Crippen molar-refractivity contribution in [3.63, 3.8) is 0 Å². The zero-order valence-electron chi connectivity index (χ0n) is 10.8. The van der Waals surface area contributed by atoms with Gasteiger partial charge >= 0.3 is 0 Å². The number of aryl methyl sites for hydroxylation is 1. The average Bonchev–Trinajstić information content (AvgIpc) is 2.37. The van der Waals surface area contributed by atoms with Gasteiger partial charge in [-0.25, -0.2) is 0 Å². The third kappa shape index (κ3) is 4.98. The van der Waals surface area contributed by atoms with E-state index in [4.69, 9.17) is 0 Å². The lowest BCUT2D eigenvalue weighted by atomic mass is 10.1. The maximum atomic E-state index is 11.8. The predicted octanol–water partition coefficient (Wildman–Crippen LogP) is 3.20. The van der Waals surface area contributed by atoms with Crippen LogP contribution in [0.25, 0.3) is 0 Å². The molecule has 1 rings (SSSR count). The summed E-state index contributed by atoms with van der Waals surface area (Å²) in [7, 11) is 0. The van der Waals surface area contributed by atoms with Crippen molar-refractivity contribution in [2.75, 3.05) is 11.9 Å². The number of hydrogen-bond donors (Lipinski definition) is 1. The van der Waals surface area contributed by atoms with Crippen LogP contribution in [-0.2, 0) is 0 Å². The van der Waals surface area contributed by atoms with Crippen molar-refractivity contribution in [2.24, 2.45) is 0 Å². The second-order valence-corrected chi connectivity index (χ2v) is 5.06. The van der Waals surface area contributed by atoms with Crippen molar-refractivity contribution < 1.29 is 9.72 Å². The van der Waals surface area contributed by atoms with Crippen LogP contribution < -0.4 is 5.32 Å². The second kappa shape index (κ2) is 7.89. The highest BCUT2D eigenvalue weighted by Crippen LogP contribution is 2.18. The van der Waals surface area contributed by atoms with Crippen LogP contribution >= 0.6 is 15.9 Å². The van der Waals surface area contributed by atoms with Gasteiger partial charge in [-0.05, 0) is 31.9 Å². The minimum Gasteiger partial charge on any atom is -0.352 e. The van der Waals surface area contributed by atoms with Crippen LogP contribution in [0, 0.1) is 17.0 Å². The van der Waals surface area contributed by atoms with E-state index in [9.17, 15) is 14.9 Å². The van der Waals surface area contributed by atoms with E-state index in [1.54, 1.807) is 13.0 Å². The summed E-state index contributed by atoms with van der Waals surface area (Å²) in [4.78, 5) is 22.0. The summed E-state index contributed by atoms with van der Waals surface area (Å²) in [5.74, 6) is -0.183. The zero-order chi connectivity index (χ0) is 14.3. The molecule has 0 aliphatic heterocycles. The third-order valence-corrected chi connectivity index (χ3v) is 3.31. The molecule has 6 heteroatoms. The van der Waals surface area contributed by atoms with Crippen molar-refractivity contribution in [3.8, 4) is 0 Å². The van der Waals surface area contributed by atoms with Gasteiger partial charge in [-0.15, -0.1) is 0 Å². The predicted molar refractivity (Wildman–Crippen MR) is 77.8 cm³/mol. The number of hydrogen-bond acceptors (Lipinski definition) is 3. The molecule has 0 bridgehead atoms. The molecule has 5 nitrogen and oxygen atoms in total. The first-order valence-corrected chi connectivity index (χ1v) is 7.27. The minimum absolute atomic E-state index is 0.0360. The van der Waals surface area contributed by atoms with Gasteiger partial charge in [0, 0.05) is 29.1 Å². The van der Waals surface area contributed by atoms with E-state index >= 15 is 0 Å². The fraction of sp³-hybridized carbons (Fsp3) is 0.462. The number of halogens is 1. The summed E-state index contributed by atoms with van der Waals surface area (Å²) in [6.07, 6.45) is 3.08. The van der Waals surface area contributed by atoms with Crippen LogP contribution in [0.1, 0.15) is 35.2 Å². The molecule has 1 amide bonds. The fourth-order valence-electron chi connectivity index (χ4n) is 1.70. The summed E-state index contributed by atoms with van der Waals surface area (Å²) >= 11 is 3.35. The largest absolute Gasteiger partial charge is 0.352 e. The number of alkyl halides is 1. The standard InChI is InChI=1S/C13H17BrN2O3/c1-10-9-11(5-6-12(10)16(18)19)13(17)15-8-4-2-3-7-14/h5-6,9H,2-4,7-8H2,1H3,(H,15,17). The Morgan fingerprint density at radius 2 is 2.11 bits per heavy atom. The third-order valence-electron chi connectivity index (χ3n) is 2.75. The Kier molecular flexibility index (Phi) is 6.49. The molecule has 0 saturated carbocycles. The van der Waals surface area contributed by atoms with Crippen LogP contribution in [-0.4, -0.2) is 22.7 Å². The van der Waals surface area contributed by atoms with E-state index in [-0.39, 0.29) is 11.6 Å². The Morgan fingerprint density at radius 3 is 2.68 bits per heavy atom. The molecule has 104 valence electrons. The smallest absolute Gasteiger partial charge is 0.272 e. The first kappa shape index (κ1) is 15.6. The van der Waals surface area contributed by atoms with Gasteiger partial charge in [0.2, 0.25) is 0 Å². The number of carbonyl (C=O) groups is 1. The zero-order valence-corrected chi connectivity index (χ0v) is 12.4. The maximum absolute atomic E-state index is 11.8. The lowest BCUT2D eigenvalue weighted by Gasteiger charge is -2.06. The summed E-state index contributed by atoms with van der Waals surface area (Å²) in [5, 5.41) is 14.5. The van der Waals surface area contributed by atoms with E-state index in [1.807, 2.05) is 0 Å². The topological polar surface area (TPSA) is 72.2 Å². The lowest BCUT2D eigenvalue weighted by Crippen LogP contribution is -2.24. The Labute approximate surface area is 120 Å². The highest BCUT2D eigenvalue weighted by molar-refractivity contribution is 9.09. The average molecular weight is 329 g/mol. The highest BCUT2D eigenvalue weighted by atomic mass is 79.9. The van der Waals surface area contributed by atoms with Gasteiger partial charge < -0.3 is 5.32 Å². The molecule has 0 heterocycles. The van der Waals surface area contributed by atoms with Crippen molar-refractivity contribution in [3.05, 3.63) is 39.4 Å². The number of nitro benzene ring substituents is 1. The number of nitro groups is 1. The highest BCUT2D eigenvalue weighted by Gasteiger charge is 2.13. The monoisotopic (exact) mass is 328 g/mol. The molecule has 0 spiro atoms. The minimum atomic E-state index is -0.447. The van der Waals surface area contributed by atoms with Gasteiger partial charge in [-0.3, -0.25) is 14.9 Å². The van der Waals surface area contributed by atoms with Gasteiger partial charge in [0.05, 0.1) is 4.92 Å². The van der Waals surface area contributed by atoms with Gasteiger partial charge in [-0.1, -0.05) is 22.4 Å². The quantitative estimate of drug-likeness (QED) is 0.361. The van der Waals surface area contributed by atoms with Gasteiger partial charge in [0.1, 0.15) is 0 Å². The summed E-state index contributed by atoms with van der Waals surface area (Å²) in [6.45, 7) is 2.26. The van der Waals surface area contributed by atoms with Crippen molar-refractivity contribution in [1.29, 1.82) is 0 Å². The summed E-state index contributed by atoms with van der Waals surface area (Å²) in [5.41, 5.74) is 0.995. The van der Waals surface area contributed by atoms with E-state index in [0.29, 0.717) is 17.7 Å². The van der Waals surface area contributed by atoms with Gasteiger partial charge in [0.25, 0.3) is 11.6 Å². The first-order chi connectivity index (χ1) is 9.06. The van der Waals surface area contributed by atoms with Crippen LogP contribution in [0.3, 0.4) is 0 Å². The fourth-order valence-corrected chi connectivity index (χ4v) is 2.10. The van der Waals surface area contributed by atoms with Gasteiger partial charge in [-0.2, -0.15) is 0 Å². The Balaban J connectivity index is 2.53. The van der Waals surface area contributed by atoms with Crippen LogP contribution in [0.15, 0.2) is 18.2 Å². The summed E-state index contributed by atoms with van der Waals surface area (Å²) in [6, 6.07) is 4.40. The molecule has 1 aromatic rings. The van der Waals surface area contributed by atoms with E-state index in [0.717, 1.165) is 24.6 Å². The molecule has 0 aromatic heterocycles. The Bertz CT molecular complexity index is 463. The molecular weight excluding hydrogens is 312 g/mol. The number of unbranched alkanes of at least 4 members (excludes halogenated alkanes) is 2. The molecule has 0 atom stereocenters. The Hall–Kier alpha value is -1.43. The molecule has 19 heavy (non-hydrogen) atoms. The molecule has 0 unspecified atom stereocenters. The molecule has 1 N–H and O–H groups in total. The molecule has 0 aliphatic carbocycles. The molecule has 0 radical (unpaired) electrons. The lowest BCUT2D eigenvalue weighted by molar-refractivity contribution is -0.385. The number of carbonyl (C=O) groups excluding carboxylic acids is 1. The number of nitrogens with zero attached hydrogens (tertiary/aromatic N) is 1. The number of nitrogens with one attached hydrogen (secondary N) is 1. The van der Waals surface area contributed by atoms with Crippen LogP contribution in [0.4, 0.5) is 5.69 Å². The normalized spacial score (nSPS) is 10.2. The van der Waals surface area contributed by atoms with Crippen molar-refractivity contribution in [2.45, 2.75) is 26.2 Å². The van der Waals surface area contributed by atoms with Gasteiger partial charge in [0.15, 0.2) is 0 Å². The Morgan fingerprint density at radius 1 is 1.37 bits per heavy atom. The number of amides is 1. The van der Waals surface area contributed by atoms with Crippen LogP contribution in [0.5, 0.6) is 0 Å². The van der Waals surface area contributed by atoms with E-state index in [2.05, 4.69) is 21.2 Å². The molecule has 1 aromatic carbocycles. The number of benzene rings is 1. The molecule has 0 saturated heterocycles. The molecule has 0 aliphatic rings. The maximum Gasteiger partial charge on any atom is 0.272 e. The second-order valence-electron chi connectivity index (χ2n) is 4.26. The van der Waals surface area contributed by atoms with E-state index < -0.39 is 4.92 Å². The molecule has 0 fully saturated rings.